The molecule has 0 radical (unpaired) electrons. The van der Waals surface area contributed by atoms with Gasteiger partial charge in [-0.3, -0.25) is 13.9 Å². The number of amides is 2. The summed E-state index contributed by atoms with van der Waals surface area (Å²) in [6, 6.07) is 18.3. The Hall–Kier alpha value is -2.78. The Bertz CT molecular complexity index is 1550. The van der Waals surface area contributed by atoms with Gasteiger partial charge in [-0.25, -0.2) is 8.42 Å². The van der Waals surface area contributed by atoms with Crippen LogP contribution in [-0.4, -0.2) is 50.0 Å². The largest absolute Gasteiger partial charge is 0.352 e. The van der Waals surface area contributed by atoms with E-state index in [0.717, 1.165) is 48.2 Å². The standard InChI is InChI=1S/C32H36Cl3N3O4S/c1-22-17-25(33)15-16-29(22)38(43(2,41)42)21-31(39)37(20-24-13-14-26(34)19-28(24)35)30(18-23-9-5-3-6-10-23)32(40)36-27-11-7-4-8-12-27/h3,5-6,9-10,13-17,19,27,30H,4,7-8,11-12,18,20-21H2,1-2H3,(H,36,40). The monoisotopic (exact) mass is 663 g/mol. The molecular formula is C32H36Cl3N3O4S. The Morgan fingerprint density at radius 1 is 0.930 bits per heavy atom. The van der Waals surface area contributed by atoms with Crippen molar-refractivity contribution in [1.29, 1.82) is 0 Å². The number of aryl methyl sites for hydroxylation is 1. The second-order valence-electron chi connectivity index (χ2n) is 11.0. The predicted octanol–water partition coefficient (Wildman–Crippen LogP) is 6.81. The molecule has 1 aliphatic carbocycles. The van der Waals surface area contributed by atoms with Crippen LogP contribution in [-0.2, 0) is 32.6 Å². The zero-order valence-corrected chi connectivity index (χ0v) is 27.3. The fourth-order valence-electron chi connectivity index (χ4n) is 5.43. The first-order chi connectivity index (χ1) is 20.4. The first-order valence-electron chi connectivity index (χ1n) is 14.2. The van der Waals surface area contributed by atoms with Crippen molar-refractivity contribution in [2.45, 2.75) is 64.1 Å². The molecule has 4 rings (SSSR count). The van der Waals surface area contributed by atoms with Crippen LogP contribution < -0.4 is 9.62 Å². The lowest BCUT2D eigenvalue weighted by Gasteiger charge is -2.35. The maximum Gasteiger partial charge on any atom is 0.244 e. The van der Waals surface area contributed by atoms with Crippen molar-refractivity contribution in [3.63, 3.8) is 0 Å². The highest BCUT2D eigenvalue weighted by atomic mass is 35.5. The van der Waals surface area contributed by atoms with Gasteiger partial charge in [-0.1, -0.05) is 90.5 Å². The second kappa shape index (κ2) is 14.8. The normalized spacial score (nSPS) is 14.6. The molecule has 1 saturated carbocycles. The third-order valence-corrected chi connectivity index (χ3v) is 9.63. The number of benzene rings is 3. The smallest absolute Gasteiger partial charge is 0.244 e. The van der Waals surface area contributed by atoms with Crippen LogP contribution >= 0.6 is 34.8 Å². The number of hydrogen-bond donors (Lipinski definition) is 1. The fourth-order valence-corrected chi connectivity index (χ4v) is 7.03. The molecule has 0 bridgehead atoms. The van der Waals surface area contributed by atoms with E-state index >= 15 is 0 Å². The van der Waals surface area contributed by atoms with E-state index in [-0.39, 0.29) is 24.9 Å². The molecule has 0 heterocycles. The molecule has 230 valence electrons. The third kappa shape index (κ3) is 9.11. The van der Waals surface area contributed by atoms with Gasteiger partial charge in [0.1, 0.15) is 12.6 Å². The van der Waals surface area contributed by atoms with Gasteiger partial charge in [0.15, 0.2) is 0 Å². The molecule has 0 spiro atoms. The van der Waals surface area contributed by atoms with E-state index in [4.69, 9.17) is 34.8 Å². The first kappa shape index (κ1) is 33.1. The molecule has 1 N–H and O–H groups in total. The molecule has 0 aliphatic heterocycles. The van der Waals surface area contributed by atoms with Gasteiger partial charge >= 0.3 is 0 Å². The number of carbonyl (C=O) groups is 2. The quantitative estimate of drug-likeness (QED) is 0.244. The van der Waals surface area contributed by atoms with Gasteiger partial charge < -0.3 is 10.2 Å². The Balaban J connectivity index is 1.76. The average molecular weight is 665 g/mol. The van der Waals surface area contributed by atoms with Crippen molar-refractivity contribution in [2.24, 2.45) is 0 Å². The van der Waals surface area contributed by atoms with Crippen molar-refractivity contribution in [1.82, 2.24) is 10.2 Å². The summed E-state index contributed by atoms with van der Waals surface area (Å²) in [5, 5.41) is 4.40. The van der Waals surface area contributed by atoms with Gasteiger partial charge in [0.05, 0.1) is 11.9 Å². The number of nitrogens with one attached hydrogen (secondary N) is 1. The summed E-state index contributed by atoms with van der Waals surface area (Å²) >= 11 is 18.8. The summed E-state index contributed by atoms with van der Waals surface area (Å²) in [6.45, 7) is 1.18. The minimum atomic E-state index is -3.90. The molecule has 1 fully saturated rings. The van der Waals surface area contributed by atoms with Gasteiger partial charge in [-0.05, 0) is 66.8 Å². The summed E-state index contributed by atoms with van der Waals surface area (Å²) in [7, 11) is -3.90. The van der Waals surface area contributed by atoms with Crippen LogP contribution in [0.4, 0.5) is 5.69 Å². The zero-order valence-electron chi connectivity index (χ0n) is 24.2. The second-order valence-corrected chi connectivity index (χ2v) is 14.2. The number of carbonyl (C=O) groups excluding carboxylic acids is 2. The molecule has 43 heavy (non-hydrogen) atoms. The topological polar surface area (TPSA) is 86.8 Å². The molecule has 0 saturated heterocycles. The lowest BCUT2D eigenvalue weighted by atomic mass is 9.94. The molecular weight excluding hydrogens is 629 g/mol. The number of rotatable bonds is 11. The molecule has 0 aromatic heterocycles. The maximum atomic E-state index is 14.3. The highest BCUT2D eigenvalue weighted by Crippen LogP contribution is 2.28. The predicted molar refractivity (Wildman–Crippen MR) is 174 cm³/mol. The SMILES string of the molecule is Cc1cc(Cl)ccc1N(CC(=O)N(Cc1ccc(Cl)cc1Cl)C(Cc1ccccc1)C(=O)NC1CCCCC1)S(C)(=O)=O. The van der Waals surface area contributed by atoms with Crippen molar-refractivity contribution in [2.75, 3.05) is 17.1 Å². The summed E-state index contributed by atoms with van der Waals surface area (Å²) in [6.07, 6.45) is 6.21. The van der Waals surface area contributed by atoms with E-state index in [1.165, 1.54) is 4.90 Å². The minimum Gasteiger partial charge on any atom is -0.352 e. The van der Waals surface area contributed by atoms with Crippen LogP contribution in [0.25, 0.3) is 0 Å². The first-order valence-corrected chi connectivity index (χ1v) is 17.2. The van der Waals surface area contributed by atoms with Crippen LogP contribution in [0, 0.1) is 6.92 Å². The Kier molecular flexibility index (Phi) is 11.4. The average Bonchev–Trinajstić information content (AvgIpc) is 2.95. The lowest BCUT2D eigenvalue weighted by Crippen LogP contribution is -2.55. The van der Waals surface area contributed by atoms with Crippen molar-refractivity contribution in [3.8, 4) is 0 Å². The number of nitrogens with zero attached hydrogens (tertiary/aromatic N) is 2. The molecule has 11 heteroatoms. The molecule has 1 atom stereocenters. The van der Waals surface area contributed by atoms with Gasteiger partial charge in [0.25, 0.3) is 0 Å². The van der Waals surface area contributed by atoms with Crippen molar-refractivity contribution in [3.05, 3.63) is 98.5 Å². The van der Waals surface area contributed by atoms with Crippen molar-refractivity contribution >= 4 is 62.3 Å². The van der Waals surface area contributed by atoms with Gasteiger partial charge in [0.2, 0.25) is 21.8 Å². The Morgan fingerprint density at radius 2 is 1.58 bits per heavy atom. The third-order valence-electron chi connectivity index (χ3n) is 7.69. The molecule has 1 unspecified atom stereocenters. The van der Waals surface area contributed by atoms with Gasteiger partial charge in [-0.15, -0.1) is 0 Å². The molecule has 2 amide bonds. The van der Waals surface area contributed by atoms with Crippen LogP contribution in [0.2, 0.25) is 15.1 Å². The van der Waals surface area contributed by atoms with E-state index in [1.54, 1.807) is 43.3 Å². The highest BCUT2D eigenvalue weighted by Gasteiger charge is 2.34. The van der Waals surface area contributed by atoms with E-state index in [9.17, 15) is 18.0 Å². The molecule has 3 aromatic carbocycles. The van der Waals surface area contributed by atoms with E-state index in [1.807, 2.05) is 30.3 Å². The van der Waals surface area contributed by atoms with Crippen molar-refractivity contribution < 1.29 is 18.0 Å². The fraction of sp³-hybridized carbons (Fsp3) is 0.375. The van der Waals surface area contributed by atoms with E-state index < -0.39 is 28.5 Å². The summed E-state index contributed by atoms with van der Waals surface area (Å²) < 4.78 is 27.1. The van der Waals surface area contributed by atoms with Gasteiger partial charge in [0, 0.05) is 34.1 Å². The molecule has 3 aromatic rings. The Labute approximate surface area is 269 Å². The van der Waals surface area contributed by atoms with E-state index in [2.05, 4.69) is 5.32 Å². The summed E-state index contributed by atoms with van der Waals surface area (Å²) in [5.41, 5.74) is 2.36. The van der Waals surface area contributed by atoms with E-state index in [0.29, 0.717) is 31.9 Å². The number of halogens is 3. The Morgan fingerprint density at radius 3 is 2.21 bits per heavy atom. The number of anilines is 1. The van der Waals surface area contributed by atoms with Gasteiger partial charge in [-0.2, -0.15) is 0 Å². The number of hydrogen-bond acceptors (Lipinski definition) is 4. The molecule has 1 aliphatic rings. The zero-order chi connectivity index (χ0) is 31.1. The maximum absolute atomic E-state index is 14.3. The highest BCUT2D eigenvalue weighted by molar-refractivity contribution is 7.92. The summed E-state index contributed by atoms with van der Waals surface area (Å²) in [4.78, 5) is 29.8. The van der Waals surface area contributed by atoms with Crippen LogP contribution in [0.5, 0.6) is 0 Å². The van der Waals surface area contributed by atoms with Crippen LogP contribution in [0.1, 0.15) is 48.8 Å². The molecule has 7 nitrogen and oxygen atoms in total. The minimum absolute atomic E-state index is 0.0137. The lowest BCUT2D eigenvalue weighted by molar-refractivity contribution is -0.140. The van der Waals surface area contributed by atoms with Crippen LogP contribution in [0.15, 0.2) is 66.7 Å². The number of sulfonamides is 1. The summed E-state index contributed by atoms with van der Waals surface area (Å²) in [5.74, 6) is -0.840. The van der Waals surface area contributed by atoms with Crippen LogP contribution in [0.3, 0.4) is 0 Å².